The van der Waals surface area contributed by atoms with Crippen LogP contribution in [0.25, 0.3) is 0 Å². The summed E-state index contributed by atoms with van der Waals surface area (Å²) in [5.74, 6) is -0.353. The van der Waals surface area contributed by atoms with Crippen LogP contribution in [-0.2, 0) is 4.79 Å². The Bertz CT molecular complexity index is 272. The highest BCUT2D eigenvalue weighted by Gasteiger charge is 2.35. The summed E-state index contributed by atoms with van der Waals surface area (Å²) in [6.45, 7) is 4.72. The summed E-state index contributed by atoms with van der Waals surface area (Å²) in [5.41, 5.74) is 0. The summed E-state index contributed by atoms with van der Waals surface area (Å²) in [7, 11) is 0. The quantitative estimate of drug-likeness (QED) is 0.766. The zero-order valence-electron chi connectivity index (χ0n) is 9.31. The van der Waals surface area contributed by atoms with Crippen molar-refractivity contribution < 1.29 is 9.90 Å². The lowest BCUT2D eigenvalue weighted by Gasteiger charge is -2.38. The summed E-state index contributed by atoms with van der Waals surface area (Å²) in [5, 5.41) is 18.1. The van der Waals surface area contributed by atoms with E-state index >= 15 is 0 Å². The summed E-state index contributed by atoms with van der Waals surface area (Å²) >= 11 is 0. The van der Waals surface area contributed by atoms with Crippen LogP contribution in [0.1, 0.15) is 33.1 Å². The van der Waals surface area contributed by atoms with Crippen molar-refractivity contribution in [3.63, 3.8) is 0 Å². The van der Waals surface area contributed by atoms with Crippen LogP contribution in [0.15, 0.2) is 0 Å². The lowest BCUT2D eigenvalue weighted by Crippen LogP contribution is -2.51. The normalized spacial score (nSPS) is 29.4. The highest BCUT2D eigenvalue weighted by molar-refractivity contribution is 5.73. The van der Waals surface area contributed by atoms with Crippen molar-refractivity contribution in [2.24, 2.45) is 5.92 Å². The van der Waals surface area contributed by atoms with E-state index in [2.05, 4.69) is 13.0 Å². The van der Waals surface area contributed by atoms with Crippen LogP contribution < -0.4 is 0 Å². The van der Waals surface area contributed by atoms with Crippen LogP contribution in [0.2, 0.25) is 0 Å². The molecule has 15 heavy (non-hydrogen) atoms. The van der Waals surface area contributed by atoms with Gasteiger partial charge in [-0.25, -0.2) is 0 Å². The maximum absolute atomic E-state index is 11.1. The number of hydrogen-bond acceptors (Lipinski definition) is 3. The molecule has 0 bridgehead atoms. The molecule has 84 valence electrons. The Morgan fingerprint density at radius 3 is 2.87 bits per heavy atom. The molecule has 0 aromatic heterocycles. The molecule has 1 aliphatic rings. The first-order chi connectivity index (χ1) is 7.10. The Kier molecular flexibility index (Phi) is 4.10. The van der Waals surface area contributed by atoms with Crippen LogP contribution >= 0.6 is 0 Å². The fourth-order valence-corrected chi connectivity index (χ4v) is 2.18. The minimum absolute atomic E-state index is 0.251. The second-order valence-corrected chi connectivity index (χ2v) is 4.27. The summed E-state index contributed by atoms with van der Waals surface area (Å²) in [6, 6.07) is 1.46. The van der Waals surface area contributed by atoms with Gasteiger partial charge in [0.25, 0.3) is 0 Å². The van der Waals surface area contributed by atoms with E-state index in [1.165, 1.54) is 0 Å². The predicted octanol–water partition coefficient (Wildman–Crippen LogP) is 1.47. The van der Waals surface area contributed by atoms with Crippen molar-refractivity contribution in [1.82, 2.24) is 4.90 Å². The van der Waals surface area contributed by atoms with E-state index < -0.39 is 12.0 Å². The van der Waals surface area contributed by atoms with E-state index in [1.54, 1.807) is 0 Å². The van der Waals surface area contributed by atoms with E-state index in [9.17, 15) is 4.79 Å². The number of rotatable bonds is 3. The lowest BCUT2D eigenvalue weighted by atomic mass is 9.91. The molecule has 1 rings (SSSR count). The summed E-state index contributed by atoms with van der Waals surface area (Å²) in [4.78, 5) is 12.9. The van der Waals surface area contributed by atoms with Gasteiger partial charge in [0.05, 0.1) is 12.1 Å². The molecule has 0 amide bonds. The largest absolute Gasteiger partial charge is 0.480 e. The van der Waals surface area contributed by atoms with E-state index in [4.69, 9.17) is 10.4 Å². The molecule has 0 aromatic carbocycles. The van der Waals surface area contributed by atoms with Gasteiger partial charge in [0, 0.05) is 6.54 Å². The van der Waals surface area contributed by atoms with Gasteiger partial charge in [-0.3, -0.25) is 9.69 Å². The molecule has 3 atom stereocenters. The molecule has 1 fully saturated rings. The van der Waals surface area contributed by atoms with Crippen LogP contribution in [0, 0.1) is 17.2 Å². The van der Waals surface area contributed by atoms with Crippen LogP contribution in [0.4, 0.5) is 0 Å². The van der Waals surface area contributed by atoms with E-state index in [0.717, 1.165) is 13.0 Å². The van der Waals surface area contributed by atoms with E-state index in [-0.39, 0.29) is 6.04 Å². The number of aliphatic carboxylic acids is 1. The third-order valence-corrected chi connectivity index (χ3v) is 3.13. The first-order valence-corrected chi connectivity index (χ1v) is 5.48. The van der Waals surface area contributed by atoms with Crippen molar-refractivity contribution in [3.05, 3.63) is 0 Å². The fraction of sp³-hybridized carbons (Fsp3) is 0.818. The van der Waals surface area contributed by atoms with Gasteiger partial charge < -0.3 is 5.11 Å². The van der Waals surface area contributed by atoms with Crippen LogP contribution in [0.3, 0.4) is 0 Å². The smallest absolute Gasteiger partial charge is 0.320 e. The van der Waals surface area contributed by atoms with Gasteiger partial charge in [0.15, 0.2) is 0 Å². The Morgan fingerprint density at radius 1 is 1.73 bits per heavy atom. The molecule has 3 unspecified atom stereocenters. The van der Waals surface area contributed by atoms with Crippen LogP contribution in [0.5, 0.6) is 0 Å². The van der Waals surface area contributed by atoms with E-state index in [1.807, 2.05) is 11.8 Å². The minimum atomic E-state index is -0.796. The first kappa shape index (κ1) is 12.0. The number of nitriles is 1. The molecular weight excluding hydrogens is 192 g/mol. The molecule has 0 aliphatic carbocycles. The van der Waals surface area contributed by atoms with Crippen molar-refractivity contribution in [3.8, 4) is 6.07 Å². The zero-order valence-corrected chi connectivity index (χ0v) is 9.31. The van der Waals surface area contributed by atoms with Gasteiger partial charge >= 0.3 is 5.97 Å². The highest BCUT2D eigenvalue weighted by Crippen LogP contribution is 2.25. The van der Waals surface area contributed by atoms with Crippen molar-refractivity contribution in [2.75, 3.05) is 6.54 Å². The highest BCUT2D eigenvalue weighted by atomic mass is 16.4. The molecule has 0 aromatic rings. The van der Waals surface area contributed by atoms with Crippen molar-refractivity contribution in [2.45, 2.75) is 45.2 Å². The predicted molar refractivity (Wildman–Crippen MR) is 56.2 cm³/mol. The van der Waals surface area contributed by atoms with Gasteiger partial charge in [-0.15, -0.1) is 0 Å². The summed E-state index contributed by atoms with van der Waals surface area (Å²) in [6.07, 6.45) is 2.34. The molecule has 0 saturated carbocycles. The number of carboxylic acids is 1. The number of hydrogen-bond donors (Lipinski definition) is 1. The third kappa shape index (κ3) is 2.69. The van der Waals surface area contributed by atoms with Gasteiger partial charge in [-0.05, 0) is 25.2 Å². The molecule has 4 nitrogen and oxygen atoms in total. The SMILES string of the molecule is CCC(C#N)N1CCC(C)CC1C(=O)O. The van der Waals surface area contributed by atoms with Gasteiger partial charge in [0.2, 0.25) is 0 Å². The molecule has 1 aliphatic heterocycles. The van der Waals surface area contributed by atoms with Crippen molar-refractivity contribution in [1.29, 1.82) is 5.26 Å². The molecular formula is C11H18N2O2. The Labute approximate surface area is 90.5 Å². The Morgan fingerprint density at radius 2 is 2.40 bits per heavy atom. The van der Waals surface area contributed by atoms with Gasteiger partial charge in [0.1, 0.15) is 6.04 Å². The number of piperidine rings is 1. The molecule has 1 heterocycles. The number of nitrogens with zero attached hydrogens (tertiary/aromatic N) is 2. The van der Waals surface area contributed by atoms with Crippen molar-refractivity contribution >= 4 is 5.97 Å². The van der Waals surface area contributed by atoms with E-state index in [0.29, 0.717) is 18.8 Å². The Balaban J connectivity index is 2.77. The first-order valence-electron chi connectivity index (χ1n) is 5.48. The number of carbonyl (C=O) groups is 1. The average Bonchev–Trinajstić information content (AvgIpc) is 2.21. The maximum atomic E-state index is 11.1. The molecule has 1 saturated heterocycles. The zero-order chi connectivity index (χ0) is 11.4. The van der Waals surface area contributed by atoms with Crippen LogP contribution in [-0.4, -0.2) is 34.6 Å². The fourth-order valence-electron chi connectivity index (χ4n) is 2.18. The Hall–Kier alpha value is -1.08. The van der Waals surface area contributed by atoms with Gasteiger partial charge in [-0.1, -0.05) is 13.8 Å². The average molecular weight is 210 g/mol. The topological polar surface area (TPSA) is 64.3 Å². The standard InChI is InChI=1S/C11H18N2O2/c1-3-9(7-12)13-5-4-8(2)6-10(13)11(14)15/h8-10H,3-6H2,1-2H3,(H,14,15). The monoisotopic (exact) mass is 210 g/mol. The third-order valence-electron chi connectivity index (χ3n) is 3.13. The number of likely N-dealkylation sites (tertiary alicyclic amines) is 1. The molecule has 1 N–H and O–H groups in total. The number of carboxylic acid groups (broad SMARTS) is 1. The maximum Gasteiger partial charge on any atom is 0.320 e. The lowest BCUT2D eigenvalue weighted by molar-refractivity contribution is -0.146. The van der Waals surface area contributed by atoms with Gasteiger partial charge in [-0.2, -0.15) is 5.26 Å². The minimum Gasteiger partial charge on any atom is -0.480 e. The molecule has 0 radical (unpaired) electrons. The molecule has 4 heteroatoms. The summed E-state index contributed by atoms with van der Waals surface area (Å²) < 4.78 is 0. The molecule has 0 spiro atoms. The second kappa shape index (κ2) is 5.13. The second-order valence-electron chi connectivity index (χ2n) is 4.27.